The molecule has 0 radical (unpaired) electrons. The molecular weight excluding hydrogens is 250 g/mol. The lowest BCUT2D eigenvalue weighted by atomic mass is 10.2. The molecule has 1 spiro atoms. The Morgan fingerprint density at radius 3 is 2.67 bits per heavy atom. The third-order valence-electron chi connectivity index (χ3n) is 3.25. The highest BCUT2D eigenvalue weighted by Crippen LogP contribution is 2.58. The van der Waals surface area contributed by atoms with Gasteiger partial charge in [0.1, 0.15) is 5.60 Å². The Labute approximate surface area is 110 Å². The smallest absolute Gasteiger partial charge is 0.418 e. The predicted molar refractivity (Wildman–Crippen MR) is 67.6 cm³/mol. The number of amides is 2. The molecule has 1 saturated carbocycles. The zero-order valence-corrected chi connectivity index (χ0v) is 11.5. The molecule has 0 atom stereocenters. The van der Waals surface area contributed by atoms with E-state index in [1.165, 1.54) is 4.90 Å². The zero-order valence-electron chi connectivity index (χ0n) is 10.6. The van der Waals surface area contributed by atoms with Crippen LogP contribution in [0.25, 0.3) is 0 Å². The summed E-state index contributed by atoms with van der Waals surface area (Å²) in [5, 5.41) is 1.91. The molecule has 4 nitrogen and oxygen atoms in total. The summed E-state index contributed by atoms with van der Waals surface area (Å²) in [5.74, 6) is -0.210. The van der Waals surface area contributed by atoms with Crippen molar-refractivity contribution in [1.29, 1.82) is 0 Å². The second-order valence-corrected chi connectivity index (χ2v) is 6.73. The Kier molecular flexibility index (Phi) is 2.18. The van der Waals surface area contributed by atoms with Gasteiger partial charge in [-0.05, 0) is 45.1 Å². The number of fused-ring (bicyclic) bond motifs is 2. The van der Waals surface area contributed by atoms with Crippen molar-refractivity contribution < 1.29 is 14.3 Å². The summed E-state index contributed by atoms with van der Waals surface area (Å²) in [6.07, 6.45) is 1.19. The first-order valence-electron chi connectivity index (χ1n) is 6.01. The minimum Gasteiger partial charge on any atom is -0.443 e. The molecule has 0 N–H and O–H groups in total. The van der Waals surface area contributed by atoms with E-state index in [1.807, 2.05) is 5.38 Å². The number of rotatable bonds is 0. The second kappa shape index (κ2) is 3.35. The molecule has 0 bridgehead atoms. The maximum absolute atomic E-state index is 12.3. The van der Waals surface area contributed by atoms with E-state index in [2.05, 4.69) is 0 Å². The molecule has 2 heterocycles. The van der Waals surface area contributed by atoms with Crippen molar-refractivity contribution in [2.24, 2.45) is 0 Å². The van der Waals surface area contributed by atoms with Crippen LogP contribution in [0.15, 0.2) is 11.4 Å². The van der Waals surface area contributed by atoms with E-state index in [4.69, 9.17) is 4.74 Å². The lowest BCUT2D eigenvalue weighted by Gasteiger charge is -2.27. The van der Waals surface area contributed by atoms with Crippen LogP contribution in [0.5, 0.6) is 0 Å². The van der Waals surface area contributed by atoms with Crippen LogP contribution in [0, 0.1) is 0 Å². The highest BCUT2D eigenvalue weighted by molar-refractivity contribution is 7.10. The minimum atomic E-state index is -0.580. The van der Waals surface area contributed by atoms with E-state index in [0.29, 0.717) is 5.56 Å². The number of thiophene rings is 1. The average Bonchev–Trinajstić information content (AvgIpc) is 2.78. The van der Waals surface area contributed by atoms with Gasteiger partial charge in [0.25, 0.3) is 5.91 Å². The third kappa shape index (κ3) is 1.50. The van der Waals surface area contributed by atoms with E-state index >= 15 is 0 Å². The van der Waals surface area contributed by atoms with Crippen molar-refractivity contribution in [3.8, 4) is 0 Å². The molecule has 2 aliphatic rings. The van der Waals surface area contributed by atoms with Crippen molar-refractivity contribution in [2.75, 3.05) is 0 Å². The maximum Gasteiger partial charge on any atom is 0.418 e. The number of imide groups is 1. The fraction of sp³-hybridized carbons (Fsp3) is 0.538. The molecule has 3 rings (SSSR count). The molecule has 1 aliphatic carbocycles. The van der Waals surface area contributed by atoms with Gasteiger partial charge >= 0.3 is 6.09 Å². The summed E-state index contributed by atoms with van der Waals surface area (Å²) in [7, 11) is 0. The van der Waals surface area contributed by atoms with Crippen molar-refractivity contribution in [3.63, 3.8) is 0 Å². The fourth-order valence-corrected chi connectivity index (χ4v) is 3.53. The molecule has 0 aromatic carbocycles. The molecule has 1 aromatic rings. The van der Waals surface area contributed by atoms with Crippen molar-refractivity contribution in [3.05, 3.63) is 21.9 Å². The van der Waals surface area contributed by atoms with Gasteiger partial charge in [0.05, 0.1) is 11.1 Å². The first kappa shape index (κ1) is 11.7. The van der Waals surface area contributed by atoms with Gasteiger partial charge in [-0.25, -0.2) is 9.69 Å². The molecular formula is C13H15NO3S. The summed E-state index contributed by atoms with van der Waals surface area (Å²) >= 11 is 1.55. The Hall–Kier alpha value is -1.36. The van der Waals surface area contributed by atoms with Crippen molar-refractivity contribution in [1.82, 2.24) is 4.90 Å². The molecule has 1 fully saturated rings. The van der Waals surface area contributed by atoms with Gasteiger partial charge in [0.15, 0.2) is 0 Å². The van der Waals surface area contributed by atoms with Crippen LogP contribution >= 0.6 is 11.3 Å². The summed E-state index contributed by atoms with van der Waals surface area (Å²) < 4.78 is 5.34. The van der Waals surface area contributed by atoms with Crippen LogP contribution in [-0.2, 0) is 10.3 Å². The number of hydrogen-bond acceptors (Lipinski definition) is 4. The molecule has 2 amide bonds. The fourth-order valence-electron chi connectivity index (χ4n) is 2.39. The Morgan fingerprint density at radius 2 is 2.11 bits per heavy atom. The zero-order chi connectivity index (χ0) is 13.1. The van der Waals surface area contributed by atoms with Crippen molar-refractivity contribution >= 4 is 23.3 Å². The maximum atomic E-state index is 12.3. The molecule has 0 unspecified atom stereocenters. The van der Waals surface area contributed by atoms with E-state index < -0.39 is 11.7 Å². The number of ether oxygens (including phenoxy) is 1. The predicted octanol–water partition coefficient (Wildman–Crippen LogP) is 3.13. The van der Waals surface area contributed by atoms with Crippen LogP contribution in [0.4, 0.5) is 4.79 Å². The molecule has 96 valence electrons. The first-order valence-corrected chi connectivity index (χ1v) is 6.89. The van der Waals surface area contributed by atoms with E-state index in [9.17, 15) is 9.59 Å². The highest BCUT2D eigenvalue weighted by atomic mass is 32.1. The van der Waals surface area contributed by atoms with E-state index in [0.717, 1.165) is 17.7 Å². The third-order valence-corrected chi connectivity index (χ3v) is 4.36. The van der Waals surface area contributed by atoms with Gasteiger partial charge < -0.3 is 4.74 Å². The Morgan fingerprint density at radius 1 is 1.44 bits per heavy atom. The number of nitrogens with zero attached hydrogens (tertiary/aromatic N) is 1. The van der Waals surface area contributed by atoms with Gasteiger partial charge in [0, 0.05) is 4.88 Å². The average molecular weight is 265 g/mol. The summed E-state index contributed by atoms with van der Waals surface area (Å²) in [6.45, 7) is 5.42. The SMILES string of the molecule is CC(C)(C)OC(=O)N1C(=O)c2ccsc2C12CC2. The second-order valence-electron chi connectivity index (χ2n) is 5.82. The standard InChI is InChI=1S/C13H15NO3S/c1-12(2,3)17-11(16)14-10(15)8-4-7-18-9(8)13(14)5-6-13/h4,7H,5-6H2,1-3H3. The largest absolute Gasteiger partial charge is 0.443 e. The lowest BCUT2D eigenvalue weighted by molar-refractivity contribution is 0.0167. The topological polar surface area (TPSA) is 46.6 Å². The molecule has 1 aromatic heterocycles. The van der Waals surface area contributed by atoms with Crippen LogP contribution in [0.3, 0.4) is 0 Å². The molecule has 5 heteroatoms. The number of carbonyl (C=O) groups excluding carboxylic acids is 2. The first-order chi connectivity index (χ1) is 8.35. The van der Waals surface area contributed by atoms with Gasteiger partial charge in [-0.2, -0.15) is 0 Å². The number of carbonyl (C=O) groups is 2. The Bertz CT molecular complexity index is 537. The van der Waals surface area contributed by atoms with E-state index in [1.54, 1.807) is 38.2 Å². The summed E-state index contributed by atoms with van der Waals surface area (Å²) in [6, 6.07) is 1.80. The summed E-state index contributed by atoms with van der Waals surface area (Å²) in [4.78, 5) is 26.8. The monoisotopic (exact) mass is 265 g/mol. The molecule has 0 saturated heterocycles. The van der Waals surface area contributed by atoms with Gasteiger partial charge in [-0.1, -0.05) is 0 Å². The number of hydrogen-bond donors (Lipinski definition) is 0. The van der Waals surface area contributed by atoms with Crippen LogP contribution < -0.4 is 0 Å². The Balaban J connectivity index is 1.94. The van der Waals surface area contributed by atoms with Gasteiger partial charge in [-0.15, -0.1) is 11.3 Å². The van der Waals surface area contributed by atoms with Crippen LogP contribution in [0.1, 0.15) is 48.8 Å². The summed E-state index contributed by atoms with van der Waals surface area (Å²) in [5.41, 5.74) is -0.296. The minimum absolute atomic E-state index is 0.210. The normalized spacial score (nSPS) is 20.2. The highest BCUT2D eigenvalue weighted by Gasteiger charge is 2.62. The van der Waals surface area contributed by atoms with Gasteiger partial charge in [0.2, 0.25) is 0 Å². The van der Waals surface area contributed by atoms with Crippen LogP contribution in [-0.4, -0.2) is 22.5 Å². The molecule has 18 heavy (non-hydrogen) atoms. The van der Waals surface area contributed by atoms with E-state index in [-0.39, 0.29) is 11.4 Å². The molecule has 1 aliphatic heterocycles. The lowest BCUT2D eigenvalue weighted by Crippen LogP contribution is -2.42. The quantitative estimate of drug-likeness (QED) is 0.724. The van der Waals surface area contributed by atoms with Crippen molar-refractivity contribution in [2.45, 2.75) is 44.8 Å². The van der Waals surface area contributed by atoms with Gasteiger partial charge in [-0.3, -0.25) is 4.79 Å². The van der Waals surface area contributed by atoms with Crippen LogP contribution in [0.2, 0.25) is 0 Å².